The highest BCUT2D eigenvalue weighted by atomic mass is 19.3. The molecule has 18 heavy (non-hydrogen) atoms. The lowest BCUT2D eigenvalue weighted by Crippen LogP contribution is -2.47. The van der Waals surface area contributed by atoms with E-state index in [1.54, 1.807) is 13.0 Å². The molecule has 3 N–H and O–H groups in total. The lowest BCUT2D eigenvalue weighted by atomic mass is 10.0. The van der Waals surface area contributed by atoms with Crippen molar-refractivity contribution in [2.75, 3.05) is 0 Å². The Morgan fingerprint density at radius 3 is 2.56 bits per heavy atom. The van der Waals surface area contributed by atoms with E-state index in [0.29, 0.717) is 5.56 Å². The van der Waals surface area contributed by atoms with Gasteiger partial charge in [-0.1, -0.05) is 26.0 Å². The molecule has 0 aliphatic heterocycles. The van der Waals surface area contributed by atoms with Gasteiger partial charge in [-0.25, -0.2) is 5.84 Å². The highest BCUT2D eigenvalue weighted by molar-refractivity contribution is 5.81. The fourth-order valence-corrected chi connectivity index (χ4v) is 1.35. The number of ether oxygens (including phenoxy) is 1. The van der Waals surface area contributed by atoms with Crippen LogP contribution in [0.5, 0.6) is 5.75 Å². The maximum Gasteiger partial charge on any atom is 0.483 e. The Morgan fingerprint density at radius 1 is 1.44 bits per heavy atom. The first kappa shape index (κ1) is 14.4. The molecule has 1 aromatic rings. The fraction of sp³-hybridized carbons (Fsp3) is 0.417. The van der Waals surface area contributed by atoms with Crippen molar-refractivity contribution in [3.63, 3.8) is 0 Å². The molecule has 0 radical (unpaired) electrons. The third-order valence-corrected chi connectivity index (χ3v) is 2.51. The van der Waals surface area contributed by atoms with E-state index in [1.807, 2.05) is 19.9 Å². The van der Waals surface area contributed by atoms with E-state index in [2.05, 4.69) is 10.6 Å². The predicted molar refractivity (Wildman–Crippen MR) is 63.2 cm³/mol. The van der Waals surface area contributed by atoms with Gasteiger partial charge in [-0.2, -0.15) is 8.78 Å². The summed E-state index contributed by atoms with van der Waals surface area (Å²) in [6, 6.07) is 4.99. The summed E-state index contributed by atoms with van der Waals surface area (Å²) in [6.45, 7) is 5.48. The number of carbonyl (C=O) groups excluding carboxylic acids is 1. The van der Waals surface area contributed by atoms with Crippen LogP contribution >= 0.6 is 0 Å². The maximum atomic E-state index is 13.3. The van der Waals surface area contributed by atoms with Crippen LogP contribution in [0.4, 0.5) is 8.78 Å². The van der Waals surface area contributed by atoms with Crippen molar-refractivity contribution in [1.29, 1.82) is 0 Å². The van der Waals surface area contributed by atoms with Crippen LogP contribution in [0.25, 0.3) is 0 Å². The standard InChI is InChI=1S/C12H16F2N2O2/c1-7(2)9-5-4-8(3)10(6-9)18-12(13,14)11(17)16-15/h4-7H,15H2,1-3H3,(H,16,17). The number of aryl methyl sites for hydroxylation is 1. The Hall–Kier alpha value is -1.69. The van der Waals surface area contributed by atoms with Gasteiger partial charge in [0.25, 0.3) is 0 Å². The number of nitrogens with two attached hydrogens (primary N) is 1. The SMILES string of the molecule is Cc1ccc(C(C)C)cc1OC(F)(F)C(=O)NN. The van der Waals surface area contributed by atoms with Gasteiger partial charge in [-0.3, -0.25) is 10.2 Å². The number of rotatable bonds is 4. The zero-order valence-electron chi connectivity index (χ0n) is 10.5. The highest BCUT2D eigenvalue weighted by Crippen LogP contribution is 2.28. The number of hydrogen-bond acceptors (Lipinski definition) is 3. The number of hydrazine groups is 1. The normalized spacial score (nSPS) is 11.5. The molecular weight excluding hydrogens is 242 g/mol. The third-order valence-electron chi connectivity index (χ3n) is 2.51. The first-order valence-corrected chi connectivity index (χ1v) is 5.46. The number of nitrogens with one attached hydrogen (secondary N) is 1. The summed E-state index contributed by atoms with van der Waals surface area (Å²) in [7, 11) is 0. The van der Waals surface area contributed by atoms with Crippen molar-refractivity contribution in [3.8, 4) is 5.75 Å². The van der Waals surface area contributed by atoms with E-state index < -0.39 is 12.0 Å². The Balaban J connectivity index is 3.03. The van der Waals surface area contributed by atoms with Crippen molar-refractivity contribution in [2.24, 2.45) is 5.84 Å². The molecule has 0 aliphatic rings. The van der Waals surface area contributed by atoms with E-state index >= 15 is 0 Å². The average molecular weight is 258 g/mol. The molecule has 1 rings (SSSR count). The van der Waals surface area contributed by atoms with Gasteiger partial charge in [0.2, 0.25) is 0 Å². The minimum absolute atomic E-state index is 0.0326. The Labute approximate surface area is 104 Å². The van der Waals surface area contributed by atoms with Gasteiger partial charge in [0.05, 0.1) is 0 Å². The van der Waals surface area contributed by atoms with Crippen molar-refractivity contribution in [3.05, 3.63) is 29.3 Å². The molecule has 1 amide bonds. The number of halogens is 2. The second-order valence-corrected chi connectivity index (χ2v) is 4.27. The Kier molecular flexibility index (Phi) is 4.24. The minimum Gasteiger partial charge on any atom is -0.425 e. The lowest BCUT2D eigenvalue weighted by molar-refractivity contribution is -0.193. The van der Waals surface area contributed by atoms with Crippen molar-refractivity contribution in [1.82, 2.24) is 5.43 Å². The predicted octanol–water partition coefficient (Wildman–Crippen LogP) is 2.08. The zero-order valence-corrected chi connectivity index (χ0v) is 10.5. The molecule has 0 fully saturated rings. The van der Waals surface area contributed by atoms with Gasteiger partial charge in [0.15, 0.2) is 0 Å². The number of alkyl halides is 2. The molecule has 0 heterocycles. The van der Waals surface area contributed by atoms with Crippen LogP contribution in [-0.4, -0.2) is 12.0 Å². The molecule has 0 aliphatic carbocycles. The summed E-state index contributed by atoms with van der Waals surface area (Å²) in [4.78, 5) is 10.9. The van der Waals surface area contributed by atoms with Crippen LogP contribution in [0.15, 0.2) is 18.2 Å². The van der Waals surface area contributed by atoms with Gasteiger partial charge in [-0.15, -0.1) is 0 Å². The fourth-order valence-electron chi connectivity index (χ4n) is 1.35. The molecule has 0 spiro atoms. The van der Waals surface area contributed by atoms with Crippen LogP contribution < -0.4 is 16.0 Å². The van der Waals surface area contributed by atoms with Crippen LogP contribution in [-0.2, 0) is 4.79 Å². The summed E-state index contributed by atoms with van der Waals surface area (Å²) in [5.41, 5.74) is 2.73. The second kappa shape index (κ2) is 5.30. The monoisotopic (exact) mass is 258 g/mol. The molecule has 1 aromatic carbocycles. The summed E-state index contributed by atoms with van der Waals surface area (Å²) in [5.74, 6) is 3.12. The van der Waals surface area contributed by atoms with E-state index in [-0.39, 0.29) is 11.7 Å². The van der Waals surface area contributed by atoms with Gasteiger partial charge in [0, 0.05) is 0 Å². The smallest absolute Gasteiger partial charge is 0.425 e. The van der Waals surface area contributed by atoms with E-state index in [0.717, 1.165) is 5.56 Å². The van der Waals surface area contributed by atoms with E-state index in [9.17, 15) is 13.6 Å². The molecule has 6 heteroatoms. The molecule has 0 aromatic heterocycles. The number of benzene rings is 1. The highest BCUT2D eigenvalue weighted by Gasteiger charge is 2.42. The first-order chi connectivity index (χ1) is 8.27. The molecule has 4 nitrogen and oxygen atoms in total. The number of carbonyl (C=O) groups is 1. The van der Waals surface area contributed by atoms with Gasteiger partial charge >= 0.3 is 12.0 Å². The number of amides is 1. The summed E-state index contributed by atoms with van der Waals surface area (Å²) >= 11 is 0. The van der Waals surface area contributed by atoms with Gasteiger partial charge in [0.1, 0.15) is 5.75 Å². The molecule has 0 bridgehead atoms. The lowest BCUT2D eigenvalue weighted by Gasteiger charge is -2.18. The summed E-state index contributed by atoms with van der Waals surface area (Å²) < 4.78 is 31.1. The molecule has 0 unspecified atom stereocenters. The molecule has 100 valence electrons. The van der Waals surface area contributed by atoms with E-state index in [4.69, 9.17) is 0 Å². The van der Waals surface area contributed by atoms with Crippen LogP contribution in [0.3, 0.4) is 0 Å². The van der Waals surface area contributed by atoms with Crippen molar-refractivity contribution < 1.29 is 18.3 Å². The molecule has 0 saturated heterocycles. The minimum atomic E-state index is -3.99. The third kappa shape index (κ3) is 3.16. The maximum absolute atomic E-state index is 13.3. The van der Waals surface area contributed by atoms with Gasteiger partial charge in [-0.05, 0) is 30.0 Å². The van der Waals surface area contributed by atoms with Gasteiger partial charge < -0.3 is 4.74 Å². The summed E-state index contributed by atoms with van der Waals surface area (Å²) in [6.07, 6.45) is -3.99. The molecular formula is C12H16F2N2O2. The average Bonchev–Trinajstić information content (AvgIpc) is 2.30. The zero-order chi connectivity index (χ0) is 13.9. The Bertz CT molecular complexity index is 448. The van der Waals surface area contributed by atoms with E-state index in [1.165, 1.54) is 11.5 Å². The second-order valence-electron chi connectivity index (χ2n) is 4.27. The Morgan fingerprint density at radius 2 is 2.06 bits per heavy atom. The van der Waals surface area contributed by atoms with Crippen LogP contribution in [0.1, 0.15) is 30.9 Å². The van der Waals surface area contributed by atoms with Crippen LogP contribution in [0, 0.1) is 6.92 Å². The molecule has 0 atom stereocenters. The molecule has 0 saturated carbocycles. The first-order valence-electron chi connectivity index (χ1n) is 5.46. The summed E-state index contributed by atoms with van der Waals surface area (Å²) in [5, 5.41) is 0. The quantitative estimate of drug-likeness (QED) is 0.493. The van der Waals surface area contributed by atoms with Crippen molar-refractivity contribution in [2.45, 2.75) is 32.8 Å². The van der Waals surface area contributed by atoms with Crippen molar-refractivity contribution >= 4 is 5.91 Å². The van der Waals surface area contributed by atoms with Crippen LogP contribution in [0.2, 0.25) is 0 Å². The number of hydrogen-bond donors (Lipinski definition) is 2. The largest absolute Gasteiger partial charge is 0.483 e. The topological polar surface area (TPSA) is 64.3 Å².